The molecule has 0 aliphatic rings. The average Bonchev–Trinajstić information content (AvgIpc) is 2.96. The molecule has 3 aromatic rings. The van der Waals surface area contributed by atoms with E-state index in [0.29, 0.717) is 10.6 Å². The highest BCUT2D eigenvalue weighted by molar-refractivity contribution is 7.20. The molecule has 0 aliphatic carbocycles. The van der Waals surface area contributed by atoms with Crippen molar-refractivity contribution in [3.05, 3.63) is 40.5 Å². The maximum atomic E-state index is 12.3. The molecular formula is C14H14N4OS. The smallest absolute Gasteiger partial charge is 0.265 e. The number of aromatic amines is 1. The molecule has 0 unspecified atom stereocenters. The summed E-state index contributed by atoms with van der Waals surface area (Å²) in [5.41, 5.74) is 8.82. The van der Waals surface area contributed by atoms with Crippen molar-refractivity contribution >= 4 is 38.7 Å². The van der Waals surface area contributed by atoms with Gasteiger partial charge in [-0.3, -0.25) is 9.89 Å². The van der Waals surface area contributed by atoms with Crippen molar-refractivity contribution in [1.29, 1.82) is 0 Å². The number of fused-ring (bicyclic) bond motifs is 1. The van der Waals surface area contributed by atoms with Gasteiger partial charge in [0.2, 0.25) is 0 Å². The van der Waals surface area contributed by atoms with Crippen molar-refractivity contribution in [2.24, 2.45) is 0 Å². The second-order valence-corrected chi connectivity index (χ2v) is 5.75. The Morgan fingerprint density at radius 1 is 1.35 bits per heavy atom. The van der Waals surface area contributed by atoms with Crippen LogP contribution in [-0.2, 0) is 0 Å². The first kappa shape index (κ1) is 12.7. The van der Waals surface area contributed by atoms with E-state index in [2.05, 4.69) is 15.5 Å². The van der Waals surface area contributed by atoms with E-state index in [1.54, 1.807) is 0 Å². The molecule has 102 valence electrons. The van der Waals surface area contributed by atoms with Crippen LogP contribution in [0.3, 0.4) is 0 Å². The summed E-state index contributed by atoms with van der Waals surface area (Å²) in [5.74, 6) is -0.127. The number of rotatable bonds is 2. The Morgan fingerprint density at radius 3 is 2.85 bits per heavy atom. The maximum Gasteiger partial charge on any atom is 0.265 e. The molecule has 0 fully saturated rings. The van der Waals surface area contributed by atoms with Gasteiger partial charge in [0.15, 0.2) is 0 Å². The number of nitrogens with one attached hydrogen (secondary N) is 2. The second kappa shape index (κ2) is 4.64. The fraction of sp³-hybridized carbons (Fsp3) is 0.143. The SMILES string of the molecule is Cc1n[nH]c(C)c1NC(=O)c1cc2cc(N)ccc2s1. The molecule has 20 heavy (non-hydrogen) atoms. The number of aryl methyl sites for hydroxylation is 2. The van der Waals surface area contributed by atoms with Gasteiger partial charge >= 0.3 is 0 Å². The van der Waals surface area contributed by atoms with Crippen LogP contribution in [0.4, 0.5) is 11.4 Å². The third kappa shape index (κ3) is 2.14. The molecule has 4 N–H and O–H groups in total. The molecule has 0 saturated carbocycles. The minimum atomic E-state index is -0.127. The van der Waals surface area contributed by atoms with E-state index in [0.717, 1.165) is 27.2 Å². The number of benzene rings is 1. The fourth-order valence-corrected chi connectivity index (χ4v) is 3.02. The van der Waals surface area contributed by atoms with Gasteiger partial charge in [-0.2, -0.15) is 5.10 Å². The molecule has 0 spiro atoms. The first-order valence-electron chi connectivity index (χ1n) is 6.16. The van der Waals surface area contributed by atoms with Gasteiger partial charge in [-0.1, -0.05) is 0 Å². The standard InChI is InChI=1S/C14H14N4OS/c1-7-13(8(2)18-17-7)16-14(19)12-6-9-5-10(15)3-4-11(9)20-12/h3-6H,15H2,1-2H3,(H,16,19)(H,17,18). The number of carbonyl (C=O) groups excluding carboxylic acids is 1. The third-order valence-corrected chi connectivity index (χ3v) is 4.25. The number of anilines is 2. The predicted molar refractivity (Wildman–Crippen MR) is 82.3 cm³/mol. The summed E-state index contributed by atoms with van der Waals surface area (Å²) in [5, 5.41) is 10.8. The summed E-state index contributed by atoms with van der Waals surface area (Å²) in [7, 11) is 0. The lowest BCUT2D eigenvalue weighted by atomic mass is 10.2. The molecular weight excluding hydrogens is 272 g/mol. The normalized spacial score (nSPS) is 10.9. The molecule has 0 aliphatic heterocycles. The van der Waals surface area contributed by atoms with Crippen molar-refractivity contribution in [1.82, 2.24) is 10.2 Å². The topological polar surface area (TPSA) is 83.8 Å². The summed E-state index contributed by atoms with van der Waals surface area (Å²) in [4.78, 5) is 13.0. The Kier molecular flexibility index (Phi) is 2.94. The number of H-pyrrole nitrogens is 1. The van der Waals surface area contributed by atoms with E-state index >= 15 is 0 Å². The van der Waals surface area contributed by atoms with Crippen LogP contribution in [0.2, 0.25) is 0 Å². The molecule has 0 atom stereocenters. The number of nitrogen functional groups attached to an aromatic ring is 1. The zero-order valence-electron chi connectivity index (χ0n) is 11.2. The van der Waals surface area contributed by atoms with Crippen LogP contribution in [0, 0.1) is 13.8 Å². The van der Waals surface area contributed by atoms with Gasteiger partial charge in [0.25, 0.3) is 5.91 Å². The number of nitrogens with two attached hydrogens (primary N) is 1. The van der Waals surface area contributed by atoms with Gasteiger partial charge < -0.3 is 11.1 Å². The zero-order chi connectivity index (χ0) is 14.3. The van der Waals surface area contributed by atoms with E-state index in [1.807, 2.05) is 38.1 Å². The van der Waals surface area contributed by atoms with E-state index in [1.165, 1.54) is 11.3 Å². The molecule has 2 heterocycles. The molecule has 2 aromatic heterocycles. The summed E-state index contributed by atoms with van der Waals surface area (Å²) in [6.45, 7) is 3.73. The molecule has 3 rings (SSSR count). The number of nitrogens with zero attached hydrogens (tertiary/aromatic N) is 1. The molecule has 0 radical (unpaired) electrons. The van der Waals surface area contributed by atoms with Gasteiger partial charge in [-0.15, -0.1) is 11.3 Å². The van der Waals surface area contributed by atoms with Crippen LogP contribution in [0.1, 0.15) is 21.1 Å². The Morgan fingerprint density at radius 2 is 2.15 bits per heavy atom. The van der Waals surface area contributed by atoms with Crippen molar-refractivity contribution in [2.75, 3.05) is 11.1 Å². The molecule has 0 saturated heterocycles. The Hall–Kier alpha value is -2.34. The number of hydrogen-bond donors (Lipinski definition) is 3. The van der Waals surface area contributed by atoms with Gasteiger partial charge in [-0.25, -0.2) is 0 Å². The minimum Gasteiger partial charge on any atom is -0.399 e. The lowest BCUT2D eigenvalue weighted by Gasteiger charge is -2.02. The summed E-state index contributed by atoms with van der Waals surface area (Å²) in [6, 6.07) is 7.50. The zero-order valence-corrected chi connectivity index (χ0v) is 12.0. The number of carbonyl (C=O) groups is 1. The van der Waals surface area contributed by atoms with Gasteiger partial charge in [-0.05, 0) is 43.5 Å². The van der Waals surface area contributed by atoms with E-state index in [9.17, 15) is 4.79 Å². The van der Waals surface area contributed by atoms with Crippen LogP contribution in [0.5, 0.6) is 0 Å². The monoisotopic (exact) mass is 286 g/mol. The van der Waals surface area contributed by atoms with Crippen molar-refractivity contribution in [3.8, 4) is 0 Å². The second-order valence-electron chi connectivity index (χ2n) is 4.67. The molecule has 6 heteroatoms. The first-order valence-corrected chi connectivity index (χ1v) is 6.98. The van der Waals surface area contributed by atoms with Crippen LogP contribution in [-0.4, -0.2) is 16.1 Å². The molecule has 0 bridgehead atoms. The van der Waals surface area contributed by atoms with E-state index in [4.69, 9.17) is 5.73 Å². The van der Waals surface area contributed by atoms with Crippen LogP contribution in [0.25, 0.3) is 10.1 Å². The lowest BCUT2D eigenvalue weighted by molar-refractivity contribution is 0.103. The highest BCUT2D eigenvalue weighted by Gasteiger charge is 2.14. The van der Waals surface area contributed by atoms with Gasteiger partial charge in [0, 0.05) is 10.4 Å². The van der Waals surface area contributed by atoms with E-state index < -0.39 is 0 Å². The number of thiophene rings is 1. The number of amides is 1. The minimum absolute atomic E-state index is 0.127. The Balaban J connectivity index is 1.93. The number of hydrogen-bond acceptors (Lipinski definition) is 4. The first-order chi connectivity index (χ1) is 9.54. The molecule has 1 amide bonds. The quantitative estimate of drug-likeness (QED) is 0.633. The van der Waals surface area contributed by atoms with Crippen molar-refractivity contribution in [3.63, 3.8) is 0 Å². The largest absolute Gasteiger partial charge is 0.399 e. The van der Waals surface area contributed by atoms with Crippen LogP contribution >= 0.6 is 11.3 Å². The fourth-order valence-electron chi connectivity index (χ4n) is 2.08. The summed E-state index contributed by atoms with van der Waals surface area (Å²) >= 11 is 1.45. The van der Waals surface area contributed by atoms with Crippen molar-refractivity contribution in [2.45, 2.75) is 13.8 Å². The summed E-state index contributed by atoms with van der Waals surface area (Å²) in [6.07, 6.45) is 0. The maximum absolute atomic E-state index is 12.3. The molecule has 1 aromatic carbocycles. The van der Waals surface area contributed by atoms with Crippen LogP contribution < -0.4 is 11.1 Å². The van der Waals surface area contributed by atoms with E-state index in [-0.39, 0.29) is 5.91 Å². The Bertz CT molecular complexity index is 783. The third-order valence-electron chi connectivity index (χ3n) is 3.13. The summed E-state index contributed by atoms with van der Waals surface area (Å²) < 4.78 is 1.05. The Labute approximate surface area is 119 Å². The average molecular weight is 286 g/mol. The van der Waals surface area contributed by atoms with Crippen LogP contribution in [0.15, 0.2) is 24.3 Å². The number of aromatic nitrogens is 2. The lowest BCUT2D eigenvalue weighted by Crippen LogP contribution is -2.11. The predicted octanol–water partition coefficient (Wildman–Crippen LogP) is 3.08. The highest BCUT2D eigenvalue weighted by Crippen LogP contribution is 2.28. The van der Waals surface area contributed by atoms with Gasteiger partial charge in [0.1, 0.15) is 0 Å². The highest BCUT2D eigenvalue weighted by atomic mass is 32.1. The van der Waals surface area contributed by atoms with Crippen molar-refractivity contribution < 1.29 is 4.79 Å². The van der Waals surface area contributed by atoms with Gasteiger partial charge in [0.05, 0.1) is 22.0 Å². The molecule has 5 nitrogen and oxygen atoms in total.